The quantitative estimate of drug-likeness (QED) is 0.878. The van der Waals surface area contributed by atoms with E-state index in [-0.39, 0.29) is 18.0 Å². The summed E-state index contributed by atoms with van der Waals surface area (Å²) in [7, 11) is -3.68. The maximum Gasteiger partial charge on any atom is 0.416 e. The zero-order valence-corrected chi connectivity index (χ0v) is 15.2. The van der Waals surface area contributed by atoms with Gasteiger partial charge in [0, 0.05) is 31.9 Å². The minimum atomic E-state index is -4.41. The van der Waals surface area contributed by atoms with E-state index < -0.39 is 21.8 Å². The first-order valence-electron chi connectivity index (χ1n) is 8.04. The van der Waals surface area contributed by atoms with Crippen LogP contribution >= 0.6 is 0 Å². The standard InChI is InChI=1S/C16H19F3N4O2S/c1-11-15(12(2)21-20-11)26(24,25)23-8-6-22(7-9-23)14-5-3-4-13(10-14)16(17,18)19/h3-5,10H,6-9H2,1-2H3,(H,20,21). The molecule has 0 unspecified atom stereocenters. The van der Waals surface area contributed by atoms with E-state index in [1.807, 2.05) is 0 Å². The van der Waals surface area contributed by atoms with Gasteiger partial charge in [-0.15, -0.1) is 0 Å². The first-order chi connectivity index (χ1) is 12.1. The van der Waals surface area contributed by atoms with Crippen LogP contribution in [0.3, 0.4) is 0 Å². The zero-order chi connectivity index (χ0) is 19.1. The molecule has 0 amide bonds. The Kier molecular flexibility index (Phi) is 4.74. The average molecular weight is 388 g/mol. The van der Waals surface area contributed by atoms with Crippen molar-refractivity contribution >= 4 is 15.7 Å². The molecule has 1 aliphatic rings. The molecule has 1 N–H and O–H groups in total. The van der Waals surface area contributed by atoms with Crippen molar-refractivity contribution in [3.05, 3.63) is 41.2 Å². The van der Waals surface area contributed by atoms with Gasteiger partial charge in [-0.25, -0.2) is 8.42 Å². The van der Waals surface area contributed by atoms with Gasteiger partial charge in [0.2, 0.25) is 10.0 Å². The molecule has 0 bridgehead atoms. The Bertz CT molecular complexity index is 881. The highest BCUT2D eigenvalue weighted by molar-refractivity contribution is 7.89. The summed E-state index contributed by atoms with van der Waals surface area (Å²) in [6.45, 7) is 4.29. The lowest BCUT2D eigenvalue weighted by molar-refractivity contribution is -0.137. The normalized spacial score (nSPS) is 16.9. The van der Waals surface area contributed by atoms with Crippen molar-refractivity contribution in [3.63, 3.8) is 0 Å². The van der Waals surface area contributed by atoms with Crippen LogP contribution < -0.4 is 4.90 Å². The van der Waals surface area contributed by atoms with Crippen LogP contribution in [0.15, 0.2) is 29.2 Å². The summed E-state index contributed by atoms with van der Waals surface area (Å²) in [6.07, 6.45) is -4.41. The minimum absolute atomic E-state index is 0.171. The highest BCUT2D eigenvalue weighted by atomic mass is 32.2. The number of piperazine rings is 1. The fourth-order valence-corrected chi connectivity index (χ4v) is 4.87. The molecule has 1 saturated heterocycles. The lowest BCUT2D eigenvalue weighted by atomic mass is 10.1. The molecule has 1 aromatic carbocycles. The third-order valence-electron chi connectivity index (χ3n) is 4.44. The molecule has 26 heavy (non-hydrogen) atoms. The van der Waals surface area contributed by atoms with Crippen molar-refractivity contribution < 1.29 is 21.6 Å². The molecule has 1 fully saturated rings. The third kappa shape index (κ3) is 3.43. The average Bonchev–Trinajstić information content (AvgIpc) is 2.93. The Hall–Kier alpha value is -2.07. The van der Waals surface area contributed by atoms with E-state index in [0.717, 1.165) is 12.1 Å². The first kappa shape index (κ1) is 18.7. The van der Waals surface area contributed by atoms with Crippen LogP contribution in [-0.2, 0) is 16.2 Å². The van der Waals surface area contributed by atoms with Crippen LogP contribution in [0.4, 0.5) is 18.9 Å². The lowest BCUT2D eigenvalue weighted by Gasteiger charge is -2.35. The van der Waals surface area contributed by atoms with Gasteiger partial charge in [0.25, 0.3) is 0 Å². The highest BCUT2D eigenvalue weighted by Gasteiger charge is 2.34. The van der Waals surface area contributed by atoms with Crippen LogP contribution in [0, 0.1) is 13.8 Å². The summed E-state index contributed by atoms with van der Waals surface area (Å²) in [6, 6.07) is 5.08. The number of nitrogens with zero attached hydrogens (tertiary/aromatic N) is 3. The van der Waals surface area contributed by atoms with Gasteiger partial charge in [-0.2, -0.15) is 22.6 Å². The number of alkyl halides is 3. The number of aryl methyl sites for hydroxylation is 2. The van der Waals surface area contributed by atoms with Gasteiger partial charge in [-0.3, -0.25) is 5.10 Å². The van der Waals surface area contributed by atoms with Gasteiger partial charge in [0.05, 0.1) is 17.0 Å². The maximum atomic E-state index is 12.9. The zero-order valence-electron chi connectivity index (χ0n) is 14.3. The van der Waals surface area contributed by atoms with Gasteiger partial charge in [0.15, 0.2) is 0 Å². The Morgan fingerprint density at radius 3 is 2.31 bits per heavy atom. The third-order valence-corrected chi connectivity index (χ3v) is 6.60. The molecule has 142 valence electrons. The second kappa shape index (κ2) is 6.58. The van der Waals surface area contributed by atoms with E-state index in [4.69, 9.17) is 0 Å². The SMILES string of the molecule is Cc1n[nH]c(C)c1S(=O)(=O)N1CCN(c2cccc(C(F)(F)F)c2)CC1. The lowest BCUT2D eigenvalue weighted by Crippen LogP contribution is -2.48. The number of hydrogen-bond acceptors (Lipinski definition) is 4. The van der Waals surface area contributed by atoms with Gasteiger partial charge in [-0.05, 0) is 32.0 Å². The number of benzene rings is 1. The topological polar surface area (TPSA) is 69.3 Å². The van der Waals surface area contributed by atoms with Crippen molar-refractivity contribution in [2.45, 2.75) is 24.9 Å². The van der Waals surface area contributed by atoms with E-state index in [9.17, 15) is 21.6 Å². The van der Waals surface area contributed by atoms with Crippen molar-refractivity contribution in [1.82, 2.24) is 14.5 Å². The van der Waals surface area contributed by atoms with E-state index in [1.165, 1.54) is 10.4 Å². The number of H-pyrrole nitrogens is 1. The molecule has 0 radical (unpaired) electrons. The van der Waals surface area contributed by atoms with E-state index in [0.29, 0.717) is 30.2 Å². The Morgan fingerprint density at radius 2 is 1.77 bits per heavy atom. The molecule has 2 heterocycles. The molecule has 0 atom stereocenters. The number of aromatic amines is 1. The second-order valence-electron chi connectivity index (χ2n) is 6.20. The number of nitrogens with one attached hydrogen (secondary N) is 1. The smallest absolute Gasteiger partial charge is 0.369 e. The number of hydrogen-bond donors (Lipinski definition) is 1. The Morgan fingerprint density at radius 1 is 1.12 bits per heavy atom. The summed E-state index contributed by atoms with van der Waals surface area (Å²) >= 11 is 0. The highest BCUT2D eigenvalue weighted by Crippen LogP contribution is 2.32. The number of anilines is 1. The molecule has 10 heteroatoms. The van der Waals surface area contributed by atoms with Gasteiger partial charge < -0.3 is 4.90 Å². The molecule has 1 aromatic heterocycles. The molecule has 0 aliphatic carbocycles. The number of aromatic nitrogens is 2. The number of rotatable bonds is 3. The van der Waals surface area contributed by atoms with E-state index in [1.54, 1.807) is 24.8 Å². The predicted molar refractivity (Wildman–Crippen MR) is 90.5 cm³/mol. The fraction of sp³-hybridized carbons (Fsp3) is 0.438. The molecule has 0 spiro atoms. The van der Waals surface area contributed by atoms with Crippen LogP contribution in [0.25, 0.3) is 0 Å². The van der Waals surface area contributed by atoms with Gasteiger partial charge >= 0.3 is 6.18 Å². The molecular weight excluding hydrogens is 369 g/mol. The summed E-state index contributed by atoms with van der Waals surface area (Å²) in [5.74, 6) is 0. The molecule has 0 saturated carbocycles. The van der Waals surface area contributed by atoms with Crippen LogP contribution in [0.1, 0.15) is 17.0 Å². The van der Waals surface area contributed by atoms with E-state index in [2.05, 4.69) is 10.2 Å². The molecule has 3 rings (SSSR count). The largest absolute Gasteiger partial charge is 0.416 e. The Balaban J connectivity index is 1.76. The van der Waals surface area contributed by atoms with Crippen molar-refractivity contribution in [3.8, 4) is 0 Å². The summed E-state index contributed by atoms with van der Waals surface area (Å²) < 4.78 is 65.6. The fourth-order valence-electron chi connectivity index (χ4n) is 3.12. The van der Waals surface area contributed by atoms with Crippen LogP contribution in [0.5, 0.6) is 0 Å². The van der Waals surface area contributed by atoms with Crippen LogP contribution in [-0.4, -0.2) is 49.1 Å². The molecular formula is C16H19F3N4O2S. The van der Waals surface area contributed by atoms with Crippen molar-refractivity contribution in [2.75, 3.05) is 31.1 Å². The summed E-state index contributed by atoms with van der Waals surface area (Å²) in [4.78, 5) is 1.93. The monoisotopic (exact) mass is 388 g/mol. The Labute approximate surface area is 149 Å². The van der Waals surface area contributed by atoms with Crippen molar-refractivity contribution in [1.29, 1.82) is 0 Å². The summed E-state index contributed by atoms with van der Waals surface area (Å²) in [5.41, 5.74) is 0.604. The second-order valence-corrected chi connectivity index (χ2v) is 8.08. The van der Waals surface area contributed by atoms with Gasteiger partial charge in [-0.1, -0.05) is 6.07 Å². The molecule has 6 nitrogen and oxygen atoms in total. The number of sulfonamides is 1. The number of halogens is 3. The van der Waals surface area contributed by atoms with E-state index >= 15 is 0 Å². The molecule has 1 aliphatic heterocycles. The minimum Gasteiger partial charge on any atom is -0.369 e. The maximum absolute atomic E-state index is 12.9. The molecule has 2 aromatic rings. The van der Waals surface area contributed by atoms with Crippen LogP contribution in [0.2, 0.25) is 0 Å². The summed E-state index contributed by atoms with van der Waals surface area (Å²) in [5, 5.41) is 6.59. The first-order valence-corrected chi connectivity index (χ1v) is 9.48. The van der Waals surface area contributed by atoms with Crippen molar-refractivity contribution in [2.24, 2.45) is 0 Å². The predicted octanol–water partition coefficient (Wildman–Crippen LogP) is 2.56. The van der Waals surface area contributed by atoms with Gasteiger partial charge in [0.1, 0.15) is 4.90 Å².